The van der Waals surface area contributed by atoms with Crippen LogP contribution in [0.1, 0.15) is 18.4 Å². The van der Waals surface area contributed by atoms with E-state index in [-0.39, 0.29) is 5.41 Å². The van der Waals surface area contributed by atoms with Gasteiger partial charge in [-0.2, -0.15) is 17.0 Å². The van der Waals surface area contributed by atoms with Gasteiger partial charge >= 0.3 is 0 Å². The highest BCUT2D eigenvalue weighted by molar-refractivity contribution is 7.98. The molecule has 0 aromatic heterocycles. The molecule has 0 fully saturated rings. The molecule has 0 saturated heterocycles. The van der Waals surface area contributed by atoms with Crippen LogP contribution in [0, 0.1) is 11.3 Å². The Kier molecular flexibility index (Phi) is 3.40. The van der Waals surface area contributed by atoms with Gasteiger partial charge in [0.25, 0.3) is 0 Å². The normalized spacial score (nSPS) is 23.0. The number of hydrogen-bond donors (Lipinski definition) is 0. The van der Waals surface area contributed by atoms with E-state index in [1.165, 1.54) is 0 Å². The van der Waals surface area contributed by atoms with Crippen LogP contribution in [-0.4, -0.2) is 18.6 Å². The number of fused-ring (bicyclic) bond motifs is 1. The van der Waals surface area contributed by atoms with Crippen LogP contribution in [0.25, 0.3) is 0 Å². The first-order valence-electron chi connectivity index (χ1n) is 5.45. The number of hydrogen-bond acceptors (Lipinski definition) is 3. The summed E-state index contributed by atoms with van der Waals surface area (Å²) in [5.74, 6) is 1.90. The smallest absolute Gasteiger partial charge is 0.124 e. The Labute approximate surface area is 101 Å². The summed E-state index contributed by atoms with van der Waals surface area (Å²) in [4.78, 5) is 0. The summed E-state index contributed by atoms with van der Waals surface area (Å²) in [5, 5.41) is 9.50. The highest BCUT2D eigenvalue weighted by Gasteiger charge is 2.37. The van der Waals surface area contributed by atoms with Gasteiger partial charge in [-0.1, -0.05) is 18.2 Å². The number of ether oxygens (including phenoxy) is 1. The van der Waals surface area contributed by atoms with Crippen LogP contribution in [0.5, 0.6) is 5.75 Å². The van der Waals surface area contributed by atoms with Crippen LogP contribution in [0.4, 0.5) is 0 Å². The van der Waals surface area contributed by atoms with Gasteiger partial charge in [0.2, 0.25) is 0 Å². The first kappa shape index (κ1) is 11.3. The van der Waals surface area contributed by atoms with Gasteiger partial charge in [0.15, 0.2) is 0 Å². The Balaban J connectivity index is 2.38. The maximum atomic E-state index is 9.50. The van der Waals surface area contributed by atoms with E-state index in [9.17, 15) is 5.26 Å². The van der Waals surface area contributed by atoms with E-state index in [0.29, 0.717) is 6.61 Å². The van der Waals surface area contributed by atoms with Crippen molar-refractivity contribution in [2.24, 2.45) is 0 Å². The van der Waals surface area contributed by atoms with Gasteiger partial charge in [0.1, 0.15) is 5.75 Å². The van der Waals surface area contributed by atoms with Crippen molar-refractivity contribution >= 4 is 11.8 Å². The molecule has 0 bridgehead atoms. The average Bonchev–Trinajstić information content (AvgIpc) is 2.36. The molecule has 2 nitrogen and oxygen atoms in total. The maximum absolute atomic E-state index is 9.50. The fraction of sp³-hybridized carbons (Fsp3) is 0.462. The molecule has 0 radical (unpaired) electrons. The zero-order valence-electron chi connectivity index (χ0n) is 9.40. The topological polar surface area (TPSA) is 33.0 Å². The molecule has 1 atom stereocenters. The zero-order valence-corrected chi connectivity index (χ0v) is 10.2. The predicted molar refractivity (Wildman–Crippen MR) is 66.8 cm³/mol. The summed E-state index contributed by atoms with van der Waals surface area (Å²) in [6.45, 7) is 0.652. The van der Waals surface area contributed by atoms with E-state index in [2.05, 4.69) is 12.3 Å². The Bertz CT molecular complexity index is 413. The third-order valence-electron chi connectivity index (χ3n) is 3.14. The lowest BCUT2D eigenvalue weighted by molar-refractivity contribution is 0.239. The summed E-state index contributed by atoms with van der Waals surface area (Å²) >= 11 is 1.79. The van der Waals surface area contributed by atoms with Crippen LogP contribution in [0.15, 0.2) is 24.3 Å². The zero-order chi connectivity index (χ0) is 11.4. The van der Waals surface area contributed by atoms with E-state index in [0.717, 1.165) is 29.9 Å². The van der Waals surface area contributed by atoms with Gasteiger partial charge in [-0.05, 0) is 24.5 Å². The van der Waals surface area contributed by atoms with Crippen molar-refractivity contribution in [1.29, 1.82) is 5.26 Å². The number of para-hydroxylation sites is 1. The van der Waals surface area contributed by atoms with E-state index >= 15 is 0 Å². The molecule has 3 heteroatoms. The van der Waals surface area contributed by atoms with Crippen molar-refractivity contribution < 1.29 is 4.74 Å². The molecule has 1 unspecified atom stereocenters. The molecule has 0 spiro atoms. The molecule has 0 N–H and O–H groups in total. The Morgan fingerprint density at radius 2 is 2.31 bits per heavy atom. The molecule has 1 aromatic carbocycles. The fourth-order valence-electron chi connectivity index (χ4n) is 2.17. The molecule has 0 saturated carbocycles. The minimum absolute atomic E-state index is 0.335. The molecule has 1 aromatic rings. The minimum atomic E-state index is -0.335. The highest BCUT2D eigenvalue weighted by atomic mass is 32.2. The summed E-state index contributed by atoms with van der Waals surface area (Å²) in [7, 11) is 0. The highest BCUT2D eigenvalue weighted by Crippen LogP contribution is 2.41. The van der Waals surface area contributed by atoms with Crippen molar-refractivity contribution in [3.63, 3.8) is 0 Å². The SMILES string of the molecule is CSCCC1(C#N)CCOc2ccccc21. The third kappa shape index (κ3) is 1.90. The van der Waals surface area contributed by atoms with Crippen molar-refractivity contribution in [2.75, 3.05) is 18.6 Å². The van der Waals surface area contributed by atoms with Gasteiger partial charge in [0.05, 0.1) is 18.1 Å². The standard InChI is InChI=1S/C13H15NOS/c1-16-9-7-13(10-14)6-8-15-12-5-3-2-4-11(12)13/h2-5H,6-9H2,1H3. The Morgan fingerprint density at radius 1 is 1.50 bits per heavy atom. The van der Waals surface area contributed by atoms with Crippen LogP contribution in [0.3, 0.4) is 0 Å². The van der Waals surface area contributed by atoms with Crippen LogP contribution >= 0.6 is 11.8 Å². The molecular weight excluding hydrogens is 218 g/mol. The summed E-state index contributed by atoms with van der Waals surface area (Å²) < 4.78 is 5.60. The molecule has 1 aliphatic rings. The number of thioether (sulfide) groups is 1. The summed E-state index contributed by atoms with van der Waals surface area (Å²) in [5.41, 5.74) is 0.732. The monoisotopic (exact) mass is 233 g/mol. The number of nitrogens with zero attached hydrogens (tertiary/aromatic N) is 1. The Hall–Kier alpha value is -1.14. The molecule has 1 heterocycles. The van der Waals surface area contributed by atoms with Crippen LogP contribution in [-0.2, 0) is 5.41 Å². The fourth-order valence-corrected chi connectivity index (χ4v) is 2.72. The molecule has 16 heavy (non-hydrogen) atoms. The lowest BCUT2D eigenvalue weighted by Crippen LogP contribution is -2.32. The number of benzene rings is 1. The van der Waals surface area contributed by atoms with Crippen molar-refractivity contribution in [3.05, 3.63) is 29.8 Å². The van der Waals surface area contributed by atoms with Gasteiger partial charge < -0.3 is 4.74 Å². The van der Waals surface area contributed by atoms with Gasteiger partial charge in [-0.3, -0.25) is 0 Å². The first-order chi connectivity index (χ1) is 7.82. The second-order valence-corrected chi connectivity index (χ2v) is 5.02. The molecule has 0 amide bonds. The molecule has 2 rings (SSSR count). The molecule has 0 aliphatic carbocycles. The number of nitriles is 1. The summed E-state index contributed by atoms with van der Waals surface area (Å²) in [6.07, 6.45) is 3.79. The van der Waals surface area contributed by atoms with Crippen LogP contribution < -0.4 is 4.74 Å². The van der Waals surface area contributed by atoms with E-state index in [4.69, 9.17) is 4.74 Å². The second kappa shape index (κ2) is 4.80. The molecule has 1 aliphatic heterocycles. The molecular formula is C13H15NOS. The third-order valence-corrected chi connectivity index (χ3v) is 3.75. The Morgan fingerprint density at radius 3 is 3.06 bits per heavy atom. The second-order valence-electron chi connectivity index (χ2n) is 4.03. The van der Waals surface area contributed by atoms with E-state index in [1.807, 2.05) is 24.3 Å². The lowest BCUT2D eigenvalue weighted by atomic mass is 9.75. The van der Waals surface area contributed by atoms with Crippen molar-refractivity contribution in [2.45, 2.75) is 18.3 Å². The van der Waals surface area contributed by atoms with Gasteiger partial charge in [-0.25, -0.2) is 0 Å². The first-order valence-corrected chi connectivity index (χ1v) is 6.84. The van der Waals surface area contributed by atoms with Crippen LogP contribution in [0.2, 0.25) is 0 Å². The summed E-state index contributed by atoms with van der Waals surface area (Å²) in [6, 6.07) is 10.4. The van der Waals surface area contributed by atoms with Gasteiger partial charge in [0, 0.05) is 12.0 Å². The molecule has 84 valence electrons. The minimum Gasteiger partial charge on any atom is -0.493 e. The predicted octanol–water partition coefficient (Wildman–Crippen LogP) is 2.98. The van der Waals surface area contributed by atoms with Crippen molar-refractivity contribution in [3.8, 4) is 11.8 Å². The van der Waals surface area contributed by atoms with E-state index < -0.39 is 0 Å². The maximum Gasteiger partial charge on any atom is 0.124 e. The lowest BCUT2D eigenvalue weighted by Gasteiger charge is -2.33. The largest absolute Gasteiger partial charge is 0.493 e. The quantitative estimate of drug-likeness (QED) is 0.804. The van der Waals surface area contributed by atoms with Crippen molar-refractivity contribution in [1.82, 2.24) is 0 Å². The number of rotatable bonds is 3. The van der Waals surface area contributed by atoms with E-state index in [1.54, 1.807) is 11.8 Å². The van der Waals surface area contributed by atoms with Gasteiger partial charge in [-0.15, -0.1) is 0 Å². The average molecular weight is 233 g/mol.